The standard InChI is InChI=1S/C9H19N4/c1-11(2)9-12(3)6-5-7-13(9,4)8-10/h9H,5-7H2,1-4H3/q+1. The molecule has 0 bridgehead atoms. The molecule has 0 aromatic carbocycles. The fraction of sp³-hybridized carbons (Fsp3) is 0.889. The van der Waals surface area contributed by atoms with Gasteiger partial charge in [-0.1, -0.05) is 0 Å². The Bertz CT molecular complexity index is 220. The van der Waals surface area contributed by atoms with Gasteiger partial charge in [-0.25, -0.2) is 9.80 Å². The predicted octanol–water partition coefficient (Wildman–Crippen LogP) is 0.0948. The zero-order valence-corrected chi connectivity index (χ0v) is 8.99. The second kappa shape index (κ2) is 3.62. The molecule has 0 N–H and O–H groups in total. The van der Waals surface area contributed by atoms with E-state index in [1.54, 1.807) is 0 Å². The fourth-order valence-electron chi connectivity index (χ4n) is 2.32. The van der Waals surface area contributed by atoms with Crippen LogP contribution in [0.5, 0.6) is 0 Å². The van der Waals surface area contributed by atoms with E-state index in [4.69, 9.17) is 5.26 Å². The molecule has 2 unspecified atom stereocenters. The van der Waals surface area contributed by atoms with Crippen molar-refractivity contribution in [3.05, 3.63) is 0 Å². The van der Waals surface area contributed by atoms with Crippen molar-refractivity contribution in [3.8, 4) is 6.19 Å². The van der Waals surface area contributed by atoms with E-state index in [1.165, 1.54) is 0 Å². The van der Waals surface area contributed by atoms with Crippen LogP contribution in [0, 0.1) is 11.5 Å². The average molecular weight is 183 g/mol. The van der Waals surface area contributed by atoms with E-state index in [2.05, 4.69) is 23.0 Å². The van der Waals surface area contributed by atoms with Crippen molar-refractivity contribution in [3.63, 3.8) is 0 Å². The quantitative estimate of drug-likeness (QED) is 0.426. The second-order valence-electron chi connectivity index (χ2n) is 4.24. The van der Waals surface area contributed by atoms with E-state index < -0.39 is 0 Å². The van der Waals surface area contributed by atoms with Crippen LogP contribution >= 0.6 is 0 Å². The Labute approximate surface area is 80.5 Å². The van der Waals surface area contributed by atoms with Gasteiger partial charge in [-0.15, -0.1) is 5.26 Å². The number of hydrogen-bond acceptors (Lipinski definition) is 3. The molecule has 2 atom stereocenters. The maximum Gasteiger partial charge on any atom is 0.310 e. The third-order valence-corrected chi connectivity index (χ3v) is 2.73. The Kier molecular flexibility index (Phi) is 2.91. The summed E-state index contributed by atoms with van der Waals surface area (Å²) in [4.78, 5) is 4.36. The summed E-state index contributed by atoms with van der Waals surface area (Å²) in [5.41, 5.74) is 0. The Morgan fingerprint density at radius 1 is 1.54 bits per heavy atom. The van der Waals surface area contributed by atoms with E-state index in [9.17, 15) is 0 Å². The van der Waals surface area contributed by atoms with Crippen LogP contribution in [0.4, 0.5) is 0 Å². The van der Waals surface area contributed by atoms with Gasteiger partial charge in [0.15, 0.2) is 0 Å². The van der Waals surface area contributed by atoms with Crippen molar-refractivity contribution in [2.24, 2.45) is 0 Å². The van der Waals surface area contributed by atoms with Gasteiger partial charge in [0, 0.05) is 13.0 Å². The van der Waals surface area contributed by atoms with Crippen molar-refractivity contribution in [2.45, 2.75) is 12.7 Å². The molecule has 0 saturated carbocycles. The summed E-state index contributed by atoms with van der Waals surface area (Å²) < 4.78 is 0.462. The summed E-state index contributed by atoms with van der Waals surface area (Å²) >= 11 is 0. The summed E-state index contributed by atoms with van der Waals surface area (Å²) in [5, 5.41) is 9.16. The minimum atomic E-state index is 0.193. The van der Waals surface area contributed by atoms with Gasteiger partial charge >= 0.3 is 6.19 Å². The first-order valence-electron chi connectivity index (χ1n) is 4.64. The largest absolute Gasteiger partial charge is 0.310 e. The highest BCUT2D eigenvalue weighted by Crippen LogP contribution is 2.20. The van der Waals surface area contributed by atoms with Gasteiger partial charge in [-0.3, -0.25) is 0 Å². The van der Waals surface area contributed by atoms with Crippen molar-refractivity contribution in [2.75, 3.05) is 41.3 Å². The zero-order chi connectivity index (χ0) is 10.1. The lowest BCUT2D eigenvalue weighted by Crippen LogP contribution is -2.65. The lowest BCUT2D eigenvalue weighted by molar-refractivity contribution is -0.903. The van der Waals surface area contributed by atoms with E-state index >= 15 is 0 Å². The van der Waals surface area contributed by atoms with Gasteiger partial charge in [0.05, 0.1) is 13.6 Å². The summed E-state index contributed by atoms with van der Waals surface area (Å²) in [6.07, 6.45) is 3.69. The smallest absolute Gasteiger partial charge is 0.246 e. The lowest BCUT2D eigenvalue weighted by Gasteiger charge is -2.45. The zero-order valence-electron chi connectivity index (χ0n) is 8.99. The molecule has 4 nitrogen and oxygen atoms in total. The SMILES string of the molecule is CN(C)C1N(C)CCC[N+]1(C)C#N. The van der Waals surface area contributed by atoms with Gasteiger partial charge in [0.25, 0.3) is 0 Å². The van der Waals surface area contributed by atoms with E-state index in [0.717, 1.165) is 19.5 Å². The van der Waals surface area contributed by atoms with Crippen LogP contribution in [0.1, 0.15) is 6.42 Å². The number of hydrogen-bond donors (Lipinski definition) is 0. The van der Waals surface area contributed by atoms with Crippen LogP contribution in [-0.4, -0.2) is 61.9 Å². The molecular formula is C9H19N4+. The number of nitriles is 1. The minimum Gasteiger partial charge on any atom is -0.246 e. The molecule has 1 aliphatic heterocycles. The number of rotatable bonds is 1. The first-order chi connectivity index (χ1) is 6.01. The molecule has 1 fully saturated rings. The molecule has 0 aromatic rings. The third-order valence-electron chi connectivity index (χ3n) is 2.73. The maximum absolute atomic E-state index is 9.16. The molecule has 0 radical (unpaired) electrons. The molecule has 74 valence electrons. The molecule has 13 heavy (non-hydrogen) atoms. The first-order valence-corrected chi connectivity index (χ1v) is 4.64. The molecule has 0 aromatic heterocycles. The van der Waals surface area contributed by atoms with Crippen LogP contribution in [-0.2, 0) is 0 Å². The Morgan fingerprint density at radius 2 is 2.15 bits per heavy atom. The lowest BCUT2D eigenvalue weighted by atomic mass is 10.2. The van der Waals surface area contributed by atoms with Crippen LogP contribution in [0.15, 0.2) is 0 Å². The van der Waals surface area contributed by atoms with E-state index in [1.807, 2.05) is 21.1 Å². The van der Waals surface area contributed by atoms with Crippen molar-refractivity contribution >= 4 is 0 Å². The van der Waals surface area contributed by atoms with E-state index in [0.29, 0.717) is 4.48 Å². The highest BCUT2D eigenvalue weighted by Gasteiger charge is 2.41. The van der Waals surface area contributed by atoms with Crippen LogP contribution in [0.25, 0.3) is 0 Å². The molecule has 0 amide bonds. The molecular weight excluding hydrogens is 164 g/mol. The van der Waals surface area contributed by atoms with Gasteiger partial charge in [-0.2, -0.15) is 4.48 Å². The van der Waals surface area contributed by atoms with Crippen LogP contribution < -0.4 is 0 Å². The van der Waals surface area contributed by atoms with Crippen molar-refractivity contribution in [1.29, 1.82) is 5.26 Å². The van der Waals surface area contributed by atoms with Gasteiger partial charge in [-0.05, 0) is 21.1 Å². The van der Waals surface area contributed by atoms with Gasteiger partial charge in [0.2, 0.25) is 6.29 Å². The Balaban J connectivity index is 2.88. The van der Waals surface area contributed by atoms with Crippen LogP contribution in [0.2, 0.25) is 0 Å². The molecule has 0 aliphatic carbocycles. The summed E-state index contributed by atoms with van der Waals surface area (Å²) in [5.74, 6) is 0. The van der Waals surface area contributed by atoms with Crippen molar-refractivity contribution < 1.29 is 4.48 Å². The first kappa shape index (κ1) is 10.5. The monoisotopic (exact) mass is 183 g/mol. The minimum absolute atomic E-state index is 0.193. The molecule has 4 heteroatoms. The molecule has 1 saturated heterocycles. The average Bonchev–Trinajstić information content (AvgIpc) is 2.03. The van der Waals surface area contributed by atoms with E-state index in [-0.39, 0.29) is 6.29 Å². The third kappa shape index (κ3) is 1.83. The highest BCUT2D eigenvalue weighted by atomic mass is 15.6. The molecule has 1 rings (SSSR count). The summed E-state index contributed by atoms with van der Waals surface area (Å²) in [6, 6.07) is 0. The number of nitrogens with zero attached hydrogens (tertiary/aromatic N) is 4. The molecule has 0 spiro atoms. The topological polar surface area (TPSA) is 30.3 Å². The Morgan fingerprint density at radius 3 is 2.54 bits per heavy atom. The van der Waals surface area contributed by atoms with Crippen molar-refractivity contribution in [1.82, 2.24) is 9.80 Å². The summed E-state index contributed by atoms with van der Waals surface area (Å²) in [6.45, 7) is 2.03. The number of quaternary nitrogens is 1. The molecule has 1 aliphatic rings. The van der Waals surface area contributed by atoms with Gasteiger partial charge in [0.1, 0.15) is 0 Å². The molecule has 1 heterocycles. The van der Waals surface area contributed by atoms with Gasteiger partial charge < -0.3 is 0 Å². The highest BCUT2D eigenvalue weighted by molar-refractivity contribution is 4.70. The summed E-state index contributed by atoms with van der Waals surface area (Å²) in [7, 11) is 8.14. The fourth-order valence-corrected chi connectivity index (χ4v) is 2.32. The predicted molar refractivity (Wildman–Crippen MR) is 51.4 cm³/mol. The second-order valence-corrected chi connectivity index (χ2v) is 4.24. The van der Waals surface area contributed by atoms with Crippen LogP contribution in [0.3, 0.4) is 0 Å². The maximum atomic E-state index is 9.16. The normalized spacial score (nSPS) is 36.2. The Hall–Kier alpha value is -0.630.